The molecule has 2 N–H and O–H groups in total. The van der Waals surface area contributed by atoms with Crippen molar-refractivity contribution in [3.8, 4) is 0 Å². The molecule has 108 valence electrons. The molecule has 0 aliphatic heterocycles. The van der Waals surface area contributed by atoms with E-state index in [2.05, 4.69) is 12.2 Å². The van der Waals surface area contributed by atoms with Crippen molar-refractivity contribution in [2.24, 2.45) is 0 Å². The van der Waals surface area contributed by atoms with Gasteiger partial charge < -0.3 is 19.9 Å². The first-order valence-electron chi connectivity index (χ1n) is 6.78. The number of carbonyl (C=O) groups is 1. The van der Waals surface area contributed by atoms with E-state index in [0.29, 0.717) is 6.54 Å². The van der Waals surface area contributed by atoms with E-state index < -0.39 is 12.2 Å². The Hall–Kier alpha value is -0.810. The van der Waals surface area contributed by atoms with Crippen LogP contribution in [0.3, 0.4) is 0 Å². The summed E-state index contributed by atoms with van der Waals surface area (Å²) in [5, 5.41) is 11.9. The molecule has 0 saturated carbocycles. The van der Waals surface area contributed by atoms with Gasteiger partial charge in [-0.05, 0) is 6.42 Å². The summed E-state index contributed by atoms with van der Waals surface area (Å²) in [6.45, 7) is 2.96. The van der Waals surface area contributed by atoms with Gasteiger partial charge in [0.1, 0.15) is 12.7 Å². The summed E-state index contributed by atoms with van der Waals surface area (Å²) >= 11 is 0. The minimum atomic E-state index is -0.755. The van der Waals surface area contributed by atoms with Gasteiger partial charge in [0.05, 0.1) is 6.61 Å². The molecule has 0 aromatic carbocycles. The van der Waals surface area contributed by atoms with Gasteiger partial charge in [-0.2, -0.15) is 0 Å². The molecular weight excluding hydrogens is 234 g/mol. The molecule has 0 aliphatic carbocycles. The highest BCUT2D eigenvalue weighted by molar-refractivity contribution is 5.67. The van der Waals surface area contributed by atoms with Gasteiger partial charge in [0.2, 0.25) is 0 Å². The van der Waals surface area contributed by atoms with Crippen molar-refractivity contribution >= 4 is 6.09 Å². The van der Waals surface area contributed by atoms with Crippen LogP contribution < -0.4 is 5.32 Å². The van der Waals surface area contributed by atoms with E-state index in [-0.39, 0.29) is 13.2 Å². The molecule has 0 saturated heterocycles. The Bertz CT molecular complexity index is 199. The van der Waals surface area contributed by atoms with Gasteiger partial charge >= 0.3 is 6.09 Å². The normalized spacial score (nSPS) is 12.2. The number of hydrogen-bond donors (Lipinski definition) is 2. The summed E-state index contributed by atoms with van der Waals surface area (Å²) in [6.07, 6.45) is 5.89. The topological polar surface area (TPSA) is 67.8 Å². The van der Waals surface area contributed by atoms with E-state index >= 15 is 0 Å². The van der Waals surface area contributed by atoms with Crippen molar-refractivity contribution in [1.29, 1.82) is 0 Å². The number of ether oxygens (including phenoxy) is 2. The maximum Gasteiger partial charge on any atom is 0.407 e. The lowest BCUT2D eigenvalue weighted by molar-refractivity contribution is 0.0163. The Morgan fingerprint density at radius 2 is 1.83 bits per heavy atom. The number of hydrogen-bond acceptors (Lipinski definition) is 4. The van der Waals surface area contributed by atoms with Gasteiger partial charge in [-0.15, -0.1) is 0 Å². The summed E-state index contributed by atoms with van der Waals surface area (Å²) < 4.78 is 9.54. The summed E-state index contributed by atoms with van der Waals surface area (Å²) in [5.41, 5.74) is 0. The molecule has 1 atom stereocenters. The number of carbonyl (C=O) groups excluding carboxylic acids is 1. The first kappa shape index (κ1) is 17.2. The zero-order chi connectivity index (χ0) is 13.6. The van der Waals surface area contributed by atoms with Crippen LogP contribution >= 0.6 is 0 Å². The Kier molecular flexibility index (Phi) is 12.1. The van der Waals surface area contributed by atoms with Crippen LogP contribution in [0.1, 0.15) is 45.4 Å². The predicted molar refractivity (Wildman–Crippen MR) is 70.6 cm³/mol. The summed E-state index contributed by atoms with van der Waals surface area (Å²) in [7, 11) is 1.49. The van der Waals surface area contributed by atoms with E-state index in [1.54, 1.807) is 0 Å². The SMILES string of the molecule is CCCCCCCCNC(=O)OCC(O)COC. The molecule has 0 heterocycles. The average molecular weight is 261 g/mol. The number of alkyl carbamates (subject to hydrolysis) is 1. The highest BCUT2D eigenvalue weighted by Crippen LogP contribution is 2.04. The fourth-order valence-corrected chi connectivity index (χ4v) is 1.56. The van der Waals surface area contributed by atoms with E-state index in [4.69, 9.17) is 9.47 Å². The molecule has 0 rings (SSSR count). The molecule has 0 aromatic heterocycles. The second-order valence-corrected chi connectivity index (χ2v) is 4.40. The van der Waals surface area contributed by atoms with E-state index in [1.807, 2.05) is 0 Å². The van der Waals surface area contributed by atoms with E-state index in [0.717, 1.165) is 12.8 Å². The van der Waals surface area contributed by atoms with Crippen LogP contribution in [0.2, 0.25) is 0 Å². The average Bonchev–Trinajstić information content (AvgIpc) is 2.35. The largest absolute Gasteiger partial charge is 0.447 e. The van der Waals surface area contributed by atoms with Crippen molar-refractivity contribution in [2.45, 2.75) is 51.6 Å². The molecule has 0 fully saturated rings. The van der Waals surface area contributed by atoms with Crippen molar-refractivity contribution in [3.63, 3.8) is 0 Å². The van der Waals surface area contributed by atoms with Crippen LogP contribution in [0.25, 0.3) is 0 Å². The van der Waals surface area contributed by atoms with Crippen LogP contribution in [-0.2, 0) is 9.47 Å². The summed E-state index contributed by atoms with van der Waals surface area (Å²) in [4.78, 5) is 11.2. The lowest BCUT2D eigenvalue weighted by atomic mass is 10.1. The Morgan fingerprint density at radius 3 is 2.50 bits per heavy atom. The predicted octanol–water partition coefficient (Wildman–Crippen LogP) is 2.08. The van der Waals surface area contributed by atoms with E-state index in [9.17, 15) is 9.90 Å². The van der Waals surface area contributed by atoms with Crippen LogP contribution in [0.5, 0.6) is 0 Å². The van der Waals surface area contributed by atoms with Crippen LogP contribution in [0, 0.1) is 0 Å². The molecule has 0 spiro atoms. The van der Waals surface area contributed by atoms with Gasteiger partial charge in [0, 0.05) is 13.7 Å². The molecule has 18 heavy (non-hydrogen) atoms. The first-order valence-corrected chi connectivity index (χ1v) is 6.78. The highest BCUT2D eigenvalue weighted by Gasteiger charge is 2.07. The second kappa shape index (κ2) is 12.6. The number of unbranched alkanes of at least 4 members (excludes halogenated alkanes) is 5. The summed E-state index contributed by atoms with van der Waals surface area (Å²) in [6, 6.07) is 0. The molecular formula is C13H27NO4. The zero-order valence-electron chi connectivity index (χ0n) is 11.6. The van der Waals surface area contributed by atoms with Gasteiger partial charge in [-0.3, -0.25) is 0 Å². The maximum absolute atomic E-state index is 11.2. The number of rotatable bonds is 11. The monoisotopic (exact) mass is 261 g/mol. The lowest BCUT2D eigenvalue weighted by Crippen LogP contribution is -2.30. The number of aliphatic hydroxyl groups is 1. The van der Waals surface area contributed by atoms with Crippen LogP contribution in [0.4, 0.5) is 4.79 Å². The number of aliphatic hydroxyl groups excluding tert-OH is 1. The minimum Gasteiger partial charge on any atom is -0.447 e. The fourth-order valence-electron chi connectivity index (χ4n) is 1.56. The number of amides is 1. The fraction of sp³-hybridized carbons (Fsp3) is 0.923. The Balaban J connectivity index is 3.26. The molecule has 1 amide bonds. The van der Waals surface area contributed by atoms with E-state index in [1.165, 1.54) is 32.8 Å². The third-order valence-electron chi connectivity index (χ3n) is 2.57. The third kappa shape index (κ3) is 11.7. The highest BCUT2D eigenvalue weighted by atomic mass is 16.6. The molecule has 0 radical (unpaired) electrons. The van der Waals surface area contributed by atoms with Crippen molar-refractivity contribution in [3.05, 3.63) is 0 Å². The molecule has 1 unspecified atom stereocenters. The minimum absolute atomic E-state index is 0.0316. The number of methoxy groups -OCH3 is 1. The smallest absolute Gasteiger partial charge is 0.407 e. The van der Waals surface area contributed by atoms with Crippen molar-refractivity contribution in [2.75, 3.05) is 26.9 Å². The van der Waals surface area contributed by atoms with Gasteiger partial charge in [0.15, 0.2) is 0 Å². The van der Waals surface area contributed by atoms with Crippen LogP contribution in [-0.4, -0.2) is 44.2 Å². The lowest BCUT2D eigenvalue weighted by Gasteiger charge is -2.10. The van der Waals surface area contributed by atoms with Gasteiger partial charge in [-0.25, -0.2) is 4.79 Å². The standard InChI is InChI=1S/C13H27NO4/c1-3-4-5-6-7-8-9-14-13(16)18-11-12(15)10-17-2/h12,15H,3-11H2,1-2H3,(H,14,16). The van der Waals surface area contributed by atoms with Gasteiger partial charge in [0.25, 0.3) is 0 Å². The van der Waals surface area contributed by atoms with Crippen LogP contribution in [0.15, 0.2) is 0 Å². The summed E-state index contributed by atoms with van der Waals surface area (Å²) in [5.74, 6) is 0. The quantitative estimate of drug-likeness (QED) is 0.559. The van der Waals surface area contributed by atoms with Crippen molar-refractivity contribution < 1.29 is 19.4 Å². The number of nitrogens with one attached hydrogen (secondary N) is 1. The molecule has 5 nitrogen and oxygen atoms in total. The Labute approximate surface area is 110 Å². The molecule has 0 aromatic rings. The molecule has 0 bridgehead atoms. The molecule has 0 aliphatic rings. The second-order valence-electron chi connectivity index (χ2n) is 4.40. The van der Waals surface area contributed by atoms with Crippen molar-refractivity contribution in [1.82, 2.24) is 5.32 Å². The zero-order valence-corrected chi connectivity index (χ0v) is 11.6. The maximum atomic E-state index is 11.2. The van der Waals surface area contributed by atoms with Gasteiger partial charge in [-0.1, -0.05) is 39.0 Å². The first-order chi connectivity index (χ1) is 8.70. The Morgan fingerprint density at radius 1 is 1.17 bits per heavy atom. The molecule has 5 heteroatoms. The third-order valence-corrected chi connectivity index (χ3v) is 2.57.